The fraction of sp³-hybridized carbons (Fsp3) is 0.769. The van der Waals surface area contributed by atoms with Gasteiger partial charge in [-0.1, -0.05) is 12.8 Å². The van der Waals surface area contributed by atoms with Gasteiger partial charge in [0.25, 0.3) is 0 Å². The van der Waals surface area contributed by atoms with Crippen LogP contribution in [0.15, 0.2) is 12.3 Å². The molecular formula is C13H23N5. The quantitative estimate of drug-likeness (QED) is 0.744. The first-order valence-electron chi connectivity index (χ1n) is 7.15. The molecular weight excluding hydrogens is 226 g/mol. The lowest BCUT2D eigenvalue weighted by atomic mass is 10.1. The van der Waals surface area contributed by atoms with Crippen molar-refractivity contribution in [3.05, 3.63) is 12.3 Å². The zero-order valence-corrected chi connectivity index (χ0v) is 10.9. The summed E-state index contributed by atoms with van der Waals surface area (Å²) in [7, 11) is 0. The predicted molar refractivity (Wildman–Crippen MR) is 72.9 cm³/mol. The highest BCUT2D eigenvalue weighted by molar-refractivity contribution is 5.35. The molecule has 5 nitrogen and oxygen atoms in total. The van der Waals surface area contributed by atoms with E-state index in [1.807, 2.05) is 6.20 Å². The Morgan fingerprint density at radius 2 is 2.28 bits per heavy atom. The van der Waals surface area contributed by atoms with Gasteiger partial charge in [0, 0.05) is 31.7 Å². The number of nitrogens with one attached hydrogen (secondary N) is 3. The molecule has 1 atom stereocenters. The summed E-state index contributed by atoms with van der Waals surface area (Å²) in [5.74, 6) is 1.16. The molecule has 2 saturated heterocycles. The molecule has 0 amide bonds. The van der Waals surface area contributed by atoms with Gasteiger partial charge in [-0.05, 0) is 19.4 Å². The molecule has 5 heteroatoms. The van der Waals surface area contributed by atoms with Crippen molar-refractivity contribution in [3.8, 4) is 0 Å². The second kappa shape index (κ2) is 5.71. The molecule has 18 heavy (non-hydrogen) atoms. The van der Waals surface area contributed by atoms with Crippen LogP contribution >= 0.6 is 0 Å². The van der Waals surface area contributed by atoms with Gasteiger partial charge in [0.15, 0.2) is 0 Å². The van der Waals surface area contributed by atoms with E-state index < -0.39 is 0 Å². The lowest BCUT2D eigenvalue weighted by Crippen LogP contribution is -2.44. The van der Waals surface area contributed by atoms with Gasteiger partial charge >= 0.3 is 0 Å². The van der Waals surface area contributed by atoms with Crippen LogP contribution in [-0.2, 0) is 0 Å². The molecule has 1 aromatic heterocycles. The Balaban J connectivity index is 1.54. The molecule has 3 N–H and O–H groups in total. The summed E-state index contributed by atoms with van der Waals surface area (Å²) in [6.45, 7) is 4.25. The maximum Gasteiger partial charge on any atom is 0.124 e. The summed E-state index contributed by atoms with van der Waals surface area (Å²) < 4.78 is 2.12. The van der Waals surface area contributed by atoms with Gasteiger partial charge in [-0.3, -0.25) is 0 Å². The monoisotopic (exact) mass is 249 g/mol. The first-order chi connectivity index (χ1) is 8.93. The summed E-state index contributed by atoms with van der Waals surface area (Å²) in [6.07, 6.45) is 7.22. The van der Waals surface area contributed by atoms with Gasteiger partial charge in [-0.15, -0.1) is 0 Å². The molecule has 0 spiro atoms. The zero-order chi connectivity index (χ0) is 12.2. The van der Waals surface area contributed by atoms with E-state index in [1.54, 1.807) is 0 Å². The SMILES string of the molecule is c1cc(NCC2CCCCCN2)n(C2CNC2)n1. The van der Waals surface area contributed by atoms with Crippen molar-refractivity contribution >= 4 is 5.82 Å². The number of hydrogen-bond acceptors (Lipinski definition) is 4. The Morgan fingerprint density at radius 3 is 3.11 bits per heavy atom. The smallest absolute Gasteiger partial charge is 0.124 e. The molecule has 100 valence electrons. The normalized spacial score (nSPS) is 25.4. The fourth-order valence-electron chi connectivity index (χ4n) is 2.69. The number of anilines is 1. The highest BCUT2D eigenvalue weighted by atomic mass is 15.4. The molecule has 2 aliphatic heterocycles. The van der Waals surface area contributed by atoms with Crippen molar-refractivity contribution < 1.29 is 0 Å². The summed E-state index contributed by atoms with van der Waals surface area (Å²) in [5.41, 5.74) is 0. The number of hydrogen-bond donors (Lipinski definition) is 3. The van der Waals surface area contributed by atoms with E-state index in [9.17, 15) is 0 Å². The Bertz CT molecular complexity index is 363. The van der Waals surface area contributed by atoms with E-state index in [4.69, 9.17) is 0 Å². The molecule has 3 rings (SSSR count). The number of aromatic nitrogens is 2. The maximum atomic E-state index is 4.41. The Morgan fingerprint density at radius 1 is 1.33 bits per heavy atom. The minimum absolute atomic E-state index is 0.532. The van der Waals surface area contributed by atoms with Crippen LogP contribution in [0.5, 0.6) is 0 Å². The van der Waals surface area contributed by atoms with Crippen LogP contribution in [0.3, 0.4) is 0 Å². The zero-order valence-electron chi connectivity index (χ0n) is 10.9. The average Bonchev–Trinajstić information content (AvgIpc) is 2.61. The fourth-order valence-corrected chi connectivity index (χ4v) is 2.69. The van der Waals surface area contributed by atoms with Crippen LogP contribution in [-0.4, -0.2) is 42.0 Å². The molecule has 0 aliphatic carbocycles. The van der Waals surface area contributed by atoms with E-state index in [0.717, 1.165) is 32.0 Å². The van der Waals surface area contributed by atoms with Crippen LogP contribution in [0, 0.1) is 0 Å². The van der Waals surface area contributed by atoms with Gasteiger partial charge in [-0.2, -0.15) is 5.10 Å². The van der Waals surface area contributed by atoms with Crippen molar-refractivity contribution in [2.45, 2.75) is 37.8 Å². The van der Waals surface area contributed by atoms with Crippen LogP contribution in [0.4, 0.5) is 5.82 Å². The average molecular weight is 249 g/mol. The predicted octanol–water partition coefficient (Wildman–Crippen LogP) is 0.972. The minimum atomic E-state index is 0.532. The van der Waals surface area contributed by atoms with Crippen LogP contribution in [0.2, 0.25) is 0 Å². The first-order valence-corrected chi connectivity index (χ1v) is 7.15. The summed E-state index contributed by atoms with van der Waals surface area (Å²) >= 11 is 0. The van der Waals surface area contributed by atoms with Gasteiger partial charge in [0.2, 0.25) is 0 Å². The Kier molecular flexibility index (Phi) is 3.81. The lowest BCUT2D eigenvalue weighted by Gasteiger charge is -2.29. The molecule has 1 unspecified atom stereocenters. The molecule has 0 saturated carbocycles. The summed E-state index contributed by atoms with van der Waals surface area (Å²) in [5, 5.41) is 14.9. The van der Waals surface area contributed by atoms with Gasteiger partial charge in [-0.25, -0.2) is 4.68 Å². The third-order valence-corrected chi connectivity index (χ3v) is 3.97. The van der Waals surface area contributed by atoms with E-state index in [1.165, 1.54) is 25.7 Å². The topological polar surface area (TPSA) is 53.9 Å². The van der Waals surface area contributed by atoms with Gasteiger partial charge in [0.05, 0.1) is 12.2 Å². The maximum absolute atomic E-state index is 4.41. The molecule has 0 radical (unpaired) electrons. The second-order valence-corrected chi connectivity index (χ2v) is 5.35. The number of nitrogens with zero attached hydrogens (tertiary/aromatic N) is 2. The van der Waals surface area contributed by atoms with E-state index in [0.29, 0.717) is 12.1 Å². The molecule has 1 aromatic rings. The van der Waals surface area contributed by atoms with Crippen molar-refractivity contribution in [2.24, 2.45) is 0 Å². The third kappa shape index (κ3) is 2.67. The summed E-state index contributed by atoms with van der Waals surface area (Å²) in [4.78, 5) is 0. The van der Waals surface area contributed by atoms with Crippen molar-refractivity contribution in [1.29, 1.82) is 0 Å². The Labute approximate surface area is 108 Å². The van der Waals surface area contributed by atoms with Crippen molar-refractivity contribution in [2.75, 3.05) is 31.5 Å². The Hall–Kier alpha value is -1.07. The molecule has 3 heterocycles. The molecule has 0 bridgehead atoms. The van der Waals surface area contributed by atoms with Crippen LogP contribution < -0.4 is 16.0 Å². The standard InChI is InChI=1S/C13H23N5/c1-2-4-11(15-6-3-1)8-16-13-5-7-17-18(13)12-9-14-10-12/h5,7,11-12,14-16H,1-4,6,8-10H2. The largest absolute Gasteiger partial charge is 0.369 e. The van der Waals surface area contributed by atoms with E-state index in [-0.39, 0.29) is 0 Å². The van der Waals surface area contributed by atoms with E-state index in [2.05, 4.69) is 31.8 Å². The van der Waals surface area contributed by atoms with Crippen LogP contribution in [0.1, 0.15) is 31.7 Å². The highest BCUT2D eigenvalue weighted by Gasteiger charge is 2.21. The lowest BCUT2D eigenvalue weighted by molar-refractivity contribution is 0.321. The first kappa shape index (κ1) is 12.0. The van der Waals surface area contributed by atoms with Gasteiger partial charge in [0.1, 0.15) is 5.82 Å². The van der Waals surface area contributed by atoms with E-state index >= 15 is 0 Å². The third-order valence-electron chi connectivity index (χ3n) is 3.97. The van der Waals surface area contributed by atoms with Crippen LogP contribution in [0.25, 0.3) is 0 Å². The summed E-state index contributed by atoms with van der Waals surface area (Å²) in [6, 6.07) is 3.22. The molecule has 2 fully saturated rings. The minimum Gasteiger partial charge on any atom is -0.369 e. The van der Waals surface area contributed by atoms with Gasteiger partial charge < -0.3 is 16.0 Å². The van der Waals surface area contributed by atoms with Crippen molar-refractivity contribution in [3.63, 3.8) is 0 Å². The van der Waals surface area contributed by atoms with Crippen molar-refractivity contribution in [1.82, 2.24) is 20.4 Å². The number of rotatable bonds is 4. The highest BCUT2D eigenvalue weighted by Crippen LogP contribution is 2.17. The molecule has 0 aromatic carbocycles. The molecule has 2 aliphatic rings. The second-order valence-electron chi connectivity index (χ2n) is 5.35.